The fourth-order valence-electron chi connectivity index (χ4n) is 1.93. The molecule has 0 atom stereocenters. The largest absolute Gasteiger partial charge is 0.464 e. The first-order valence-corrected chi connectivity index (χ1v) is 6.12. The molecule has 0 saturated heterocycles. The van der Waals surface area contributed by atoms with E-state index in [1.54, 1.807) is 18.4 Å². The van der Waals surface area contributed by atoms with Crippen molar-refractivity contribution in [1.29, 1.82) is 5.26 Å². The summed E-state index contributed by atoms with van der Waals surface area (Å²) in [5.74, 6) is 0. The highest BCUT2D eigenvalue weighted by molar-refractivity contribution is 9.10. The molecule has 3 aromatic rings. The first-order valence-electron chi connectivity index (χ1n) is 5.33. The van der Waals surface area contributed by atoms with Crippen LogP contribution in [0.2, 0.25) is 0 Å². The second-order valence-corrected chi connectivity index (χ2v) is 4.59. The number of nitrogens with zero attached hydrogens (tertiary/aromatic N) is 2. The number of benzene rings is 1. The SMILES string of the molecule is N#Cc1ccc(Br)nc1-c1cccc2occc12. The summed E-state index contributed by atoms with van der Waals surface area (Å²) in [7, 11) is 0. The Hall–Kier alpha value is -2.12. The van der Waals surface area contributed by atoms with Gasteiger partial charge in [-0.25, -0.2) is 4.98 Å². The maximum atomic E-state index is 9.16. The lowest BCUT2D eigenvalue weighted by molar-refractivity contribution is 0.616. The number of hydrogen-bond acceptors (Lipinski definition) is 3. The van der Waals surface area contributed by atoms with Gasteiger partial charge in [0, 0.05) is 10.9 Å². The minimum absolute atomic E-state index is 0.548. The number of halogens is 1. The molecule has 0 unspecified atom stereocenters. The van der Waals surface area contributed by atoms with Crippen LogP contribution in [0.1, 0.15) is 5.56 Å². The number of aromatic nitrogens is 1. The highest BCUT2D eigenvalue weighted by atomic mass is 79.9. The summed E-state index contributed by atoms with van der Waals surface area (Å²) in [6, 6.07) is 13.3. The summed E-state index contributed by atoms with van der Waals surface area (Å²) in [6.45, 7) is 0. The Bertz CT molecular complexity index is 771. The Morgan fingerprint density at radius 3 is 2.89 bits per heavy atom. The number of nitriles is 1. The van der Waals surface area contributed by atoms with Gasteiger partial charge in [-0.2, -0.15) is 5.26 Å². The smallest absolute Gasteiger partial charge is 0.134 e. The number of rotatable bonds is 1. The zero-order valence-electron chi connectivity index (χ0n) is 9.22. The third-order valence-corrected chi connectivity index (χ3v) is 3.17. The number of furan rings is 1. The molecule has 1 aromatic carbocycles. The molecule has 0 saturated carbocycles. The Labute approximate surface area is 112 Å². The first-order chi connectivity index (χ1) is 8.79. The average Bonchev–Trinajstić information content (AvgIpc) is 2.86. The van der Waals surface area contributed by atoms with E-state index in [1.807, 2.05) is 24.3 Å². The third kappa shape index (κ3) is 1.69. The molecule has 0 fully saturated rings. The van der Waals surface area contributed by atoms with E-state index in [0.717, 1.165) is 16.5 Å². The molecule has 0 aliphatic rings. The van der Waals surface area contributed by atoms with Crippen molar-refractivity contribution in [2.45, 2.75) is 0 Å². The van der Waals surface area contributed by atoms with Crippen LogP contribution in [0.3, 0.4) is 0 Å². The lowest BCUT2D eigenvalue weighted by atomic mass is 10.0. The van der Waals surface area contributed by atoms with Crippen molar-refractivity contribution in [3.63, 3.8) is 0 Å². The second kappa shape index (κ2) is 4.28. The molecule has 86 valence electrons. The fourth-order valence-corrected chi connectivity index (χ4v) is 2.24. The molecule has 4 heteroatoms. The van der Waals surface area contributed by atoms with E-state index in [1.165, 1.54) is 0 Å². The van der Waals surface area contributed by atoms with Gasteiger partial charge in [0.15, 0.2) is 0 Å². The first kappa shape index (κ1) is 11.0. The number of hydrogen-bond donors (Lipinski definition) is 0. The number of pyridine rings is 1. The number of fused-ring (bicyclic) bond motifs is 1. The Kier molecular flexibility index (Phi) is 2.62. The van der Waals surface area contributed by atoms with E-state index >= 15 is 0 Å². The van der Waals surface area contributed by atoms with Crippen molar-refractivity contribution in [3.8, 4) is 17.3 Å². The zero-order chi connectivity index (χ0) is 12.5. The van der Waals surface area contributed by atoms with E-state index in [0.29, 0.717) is 15.9 Å². The molecule has 18 heavy (non-hydrogen) atoms. The summed E-state index contributed by atoms with van der Waals surface area (Å²) in [6.07, 6.45) is 1.64. The van der Waals surface area contributed by atoms with Gasteiger partial charge in [-0.05, 0) is 40.2 Å². The average molecular weight is 299 g/mol. The van der Waals surface area contributed by atoms with Gasteiger partial charge < -0.3 is 4.42 Å². The summed E-state index contributed by atoms with van der Waals surface area (Å²) in [4.78, 5) is 4.40. The quantitative estimate of drug-likeness (QED) is 0.635. The summed E-state index contributed by atoms with van der Waals surface area (Å²) in [5, 5.41) is 10.1. The Morgan fingerprint density at radius 2 is 2.06 bits per heavy atom. The molecular formula is C14H7BrN2O. The topological polar surface area (TPSA) is 49.8 Å². The summed E-state index contributed by atoms with van der Waals surface area (Å²) >= 11 is 3.33. The van der Waals surface area contributed by atoms with Crippen LogP contribution in [0.5, 0.6) is 0 Å². The molecule has 0 bridgehead atoms. The molecule has 2 aromatic heterocycles. The molecule has 0 aliphatic carbocycles. The van der Waals surface area contributed by atoms with E-state index in [-0.39, 0.29) is 0 Å². The second-order valence-electron chi connectivity index (χ2n) is 3.78. The minimum atomic E-state index is 0.548. The van der Waals surface area contributed by atoms with Gasteiger partial charge in [-0.3, -0.25) is 0 Å². The molecular weight excluding hydrogens is 292 g/mol. The van der Waals surface area contributed by atoms with Crippen molar-refractivity contribution in [2.75, 3.05) is 0 Å². The van der Waals surface area contributed by atoms with Gasteiger partial charge in [0.05, 0.1) is 17.5 Å². The molecule has 0 aliphatic heterocycles. The normalized spacial score (nSPS) is 10.4. The molecule has 0 amide bonds. The van der Waals surface area contributed by atoms with E-state index in [4.69, 9.17) is 9.68 Å². The minimum Gasteiger partial charge on any atom is -0.464 e. The highest BCUT2D eigenvalue weighted by Gasteiger charge is 2.11. The van der Waals surface area contributed by atoms with E-state index in [2.05, 4.69) is 27.0 Å². The lowest BCUT2D eigenvalue weighted by Crippen LogP contribution is -1.90. The van der Waals surface area contributed by atoms with Crippen LogP contribution in [-0.2, 0) is 0 Å². The molecule has 2 heterocycles. The standard InChI is InChI=1S/C14H7BrN2O/c15-13-5-4-9(8-16)14(17-13)11-2-1-3-12-10(11)6-7-18-12/h1-7H. The van der Waals surface area contributed by atoms with Crippen LogP contribution in [0.15, 0.2) is 51.7 Å². The van der Waals surface area contributed by atoms with Crippen molar-refractivity contribution >= 4 is 26.9 Å². The fraction of sp³-hybridized carbons (Fsp3) is 0. The monoisotopic (exact) mass is 298 g/mol. The van der Waals surface area contributed by atoms with Gasteiger partial charge in [-0.1, -0.05) is 12.1 Å². The maximum absolute atomic E-state index is 9.16. The highest BCUT2D eigenvalue weighted by Crippen LogP contribution is 2.30. The van der Waals surface area contributed by atoms with Crippen LogP contribution in [0.4, 0.5) is 0 Å². The third-order valence-electron chi connectivity index (χ3n) is 2.73. The summed E-state index contributed by atoms with van der Waals surface area (Å²) < 4.78 is 6.07. The predicted molar refractivity (Wildman–Crippen MR) is 71.9 cm³/mol. The van der Waals surface area contributed by atoms with Gasteiger partial charge in [-0.15, -0.1) is 0 Å². The predicted octanol–water partition coefficient (Wildman–Crippen LogP) is 4.13. The molecule has 0 radical (unpaired) electrons. The molecule has 3 nitrogen and oxygen atoms in total. The van der Waals surface area contributed by atoms with Crippen LogP contribution >= 0.6 is 15.9 Å². The van der Waals surface area contributed by atoms with Gasteiger partial charge in [0.1, 0.15) is 16.3 Å². The van der Waals surface area contributed by atoms with Crippen molar-refractivity contribution < 1.29 is 4.42 Å². The zero-order valence-corrected chi connectivity index (χ0v) is 10.8. The van der Waals surface area contributed by atoms with Crippen molar-refractivity contribution in [2.24, 2.45) is 0 Å². The van der Waals surface area contributed by atoms with Gasteiger partial charge in [0.2, 0.25) is 0 Å². The summed E-state index contributed by atoms with van der Waals surface area (Å²) in [5.41, 5.74) is 2.91. The Morgan fingerprint density at radius 1 is 1.17 bits per heavy atom. The lowest BCUT2D eigenvalue weighted by Gasteiger charge is -2.05. The van der Waals surface area contributed by atoms with Crippen molar-refractivity contribution in [3.05, 3.63) is 52.8 Å². The van der Waals surface area contributed by atoms with Gasteiger partial charge in [0.25, 0.3) is 0 Å². The van der Waals surface area contributed by atoms with Crippen LogP contribution in [-0.4, -0.2) is 4.98 Å². The van der Waals surface area contributed by atoms with Crippen LogP contribution in [0, 0.1) is 11.3 Å². The van der Waals surface area contributed by atoms with Gasteiger partial charge >= 0.3 is 0 Å². The van der Waals surface area contributed by atoms with E-state index in [9.17, 15) is 0 Å². The van der Waals surface area contributed by atoms with Crippen molar-refractivity contribution in [1.82, 2.24) is 4.98 Å². The van der Waals surface area contributed by atoms with E-state index < -0.39 is 0 Å². The maximum Gasteiger partial charge on any atom is 0.134 e. The molecule has 3 rings (SSSR count). The molecule has 0 spiro atoms. The Balaban J connectivity index is 2.36. The molecule has 0 N–H and O–H groups in total. The van der Waals surface area contributed by atoms with Crippen LogP contribution in [0.25, 0.3) is 22.2 Å². The van der Waals surface area contributed by atoms with Crippen LogP contribution < -0.4 is 0 Å².